The van der Waals surface area contributed by atoms with Gasteiger partial charge in [0.15, 0.2) is 5.82 Å². The smallest absolute Gasteiger partial charge is 0.158 e. The van der Waals surface area contributed by atoms with Crippen LogP contribution in [0.2, 0.25) is 0 Å². The van der Waals surface area contributed by atoms with E-state index in [0.717, 1.165) is 19.0 Å². The fourth-order valence-corrected chi connectivity index (χ4v) is 1.63. The molecular formula is C9H16N4O. The third kappa shape index (κ3) is 2.30. The second-order valence-corrected chi connectivity index (χ2v) is 3.67. The van der Waals surface area contributed by atoms with Gasteiger partial charge in [0.1, 0.15) is 12.9 Å². The molecule has 0 amide bonds. The standard InChI is InChI=1S/C9H16N4O/c1-13-7-11-12-9(13)6-14-5-8-3-2-4-10-8/h7-8,10H,2-6H2,1H3. The molecule has 0 aliphatic carbocycles. The normalized spacial score (nSPS) is 21.6. The number of nitrogens with one attached hydrogen (secondary N) is 1. The predicted molar refractivity (Wildman–Crippen MR) is 51.7 cm³/mol. The van der Waals surface area contributed by atoms with Crippen LogP contribution in [0.4, 0.5) is 0 Å². The quantitative estimate of drug-likeness (QED) is 0.741. The van der Waals surface area contributed by atoms with Crippen LogP contribution in [0.5, 0.6) is 0 Å². The number of nitrogens with zero attached hydrogens (tertiary/aromatic N) is 3. The summed E-state index contributed by atoms with van der Waals surface area (Å²) in [5, 5.41) is 11.1. The van der Waals surface area contributed by atoms with E-state index in [4.69, 9.17) is 4.74 Å². The molecule has 1 atom stereocenters. The highest BCUT2D eigenvalue weighted by atomic mass is 16.5. The summed E-state index contributed by atoms with van der Waals surface area (Å²) in [5.41, 5.74) is 0. The highest BCUT2D eigenvalue weighted by Crippen LogP contribution is 2.05. The Bertz CT molecular complexity index is 280. The summed E-state index contributed by atoms with van der Waals surface area (Å²) in [4.78, 5) is 0. The van der Waals surface area contributed by atoms with Gasteiger partial charge in [0, 0.05) is 13.1 Å². The highest BCUT2D eigenvalue weighted by Gasteiger charge is 2.13. The molecule has 1 unspecified atom stereocenters. The molecule has 0 bridgehead atoms. The number of hydrogen-bond donors (Lipinski definition) is 1. The topological polar surface area (TPSA) is 52.0 Å². The lowest BCUT2D eigenvalue weighted by molar-refractivity contribution is 0.0966. The zero-order valence-corrected chi connectivity index (χ0v) is 8.44. The lowest BCUT2D eigenvalue weighted by atomic mass is 10.2. The lowest BCUT2D eigenvalue weighted by Crippen LogP contribution is -2.26. The lowest BCUT2D eigenvalue weighted by Gasteiger charge is -2.09. The first-order valence-electron chi connectivity index (χ1n) is 5.00. The molecule has 2 heterocycles. The van der Waals surface area contributed by atoms with Crippen LogP contribution in [0.15, 0.2) is 6.33 Å². The van der Waals surface area contributed by atoms with Crippen LogP contribution in [0.3, 0.4) is 0 Å². The van der Waals surface area contributed by atoms with E-state index in [1.54, 1.807) is 6.33 Å². The first-order valence-corrected chi connectivity index (χ1v) is 5.00. The minimum Gasteiger partial charge on any atom is -0.372 e. The van der Waals surface area contributed by atoms with Crippen molar-refractivity contribution >= 4 is 0 Å². The van der Waals surface area contributed by atoms with E-state index in [0.29, 0.717) is 12.6 Å². The van der Waals surface area contributed by atoms with Gasteiger partial charge < -0.3 is 14.6 Å². The Morgan fingerprint density at radius 3 is 3.29 bits per heavy atom. The monoisotopic (exact) mass is 196 g/mol. The van der Waals surface area contributed by atoms with Gasteiger partial charge in [-0.15, -0.1) is 10.2 Å². The summed E-state index contributed by atoms with van der Waals surface area (Å²) in [7, 11) is 1.92. The summed E-state index contributed by atoms with van der Waals surface area (Å²) in [6, 6.07) is 0.531. The molecule has 78 valence electrons. The number of aromatic nitrogens is 3. The maximum absolute atomic E-state index is 5.56. The van der Waals surface area contributed by atoms with Gasteiger partial charge in [-0.1, -0.05) is 0 Å². The second-order valence-electron chi connectivity index (χ2n) is 3.67. The van der Waals surface area contributed by atoms with Gasteiger partial charge in [0.05, 0.1) is 6.61 Å². The van der Waals surface area contributed by atoms with E-state index < -0.39 is 0 Å². The maximum atomic E-state index is 5.56. The molecule has 14 heavy (non-hydrogen) atoms. The number of aryl methyl sites for hydroxylation is 1. The second kappa shape index (κ2) is 4.52. The minimum atomic E-state index is 0.531. The summed E-state index contributed by atoms with van der Waals surface area (Å²) in [6.07, 6.45) is 4.17. The highest BCUT2D eigenvalue weighted by molar-refractivity contribution is 4.81. The van der Waals surface area contributed by atoms with Crippen LogP contribution in [-0.4, -0.2) is 34.0 Å². The molecule has 1 fully saturated rings. The SMILES string of the molecule is Cn1cnnc1COCC1CCCN1. The molecule has 0 radical (unpaired) electrons. The largest absolute Gasteiger partial charge is 0.372 e. The molecule has 1 aliphatic heterocycles. The average molecular weight is 196 g/mol. The molecule has 1 N–H and O–H groups in total. The Morgan fingerprint density at radius 2 is 2.64 bits per heavy atom. The van der Waals surface area contributed by atoms with E-state index in [1.165, 1.54) is 12.8 Å². The van der Waals surface area contributed by atoms with Crippen LogP contribution in [0.25, 0.3) is 0 Å². The zero-order valence-electron chi connectivity index (χ0n) is 8.44. The molecule has 0 saturated carbocycles. The van der Waals surface area contributed by atoms with Gasteiger partial charge in [0.25, 0.3) is 0 Å². The molecule has 5 nitrogen and oxygen atoms in total. The Balaban J connectivity index is 1.70. The Hall–Kier alpha value is -0.940. The summed E-state index contributed by atoms with van der Waals surface area (Å²) < 4.78 is 7.43. The molecular weight excluding hydrogens is 180 g/mol. The number of ether oxygens (including phenoxy) is 1. The van der Waals surface area contributed by atoms with Gasteiger partial charge in [-0.3, -0.25) is 0 Å². The summed E-state index contributed by atoms with van der Waals surface area (Å²) >= 11 is 0. The summed E-state index contributed by atoms with van der Waals surface area (Å²) in [5.74, 6) is 0.878. The van der Waals surface area contributed by atoms with Gasteiger partial charge in [-0.2, -0.15) is 0 Å². The predicted octanol–water partition coefficient (Wildman–Crippen LogP) is 0.0837. The Morgan fingerprint density at radius 1 is 1.71 bits per heavy atom. The first-order chi connectivity index (χ1) is 6.86. The third-order valence-corrected chi connectivity index (χ3v) is 2.52. The van der Waals surface area contributed by atoms with Crippen LogP contribution in [-0.2, 0) is 18.4 Å². The van der Waals surface area contributed by atoms with E-state index in [1.807, 2.05) is 11.6 Å². The van der Waals surface area contributed by atoms with Gasteiger partial charge in [-0.05, 0) is 19.4 Å². The van der Waals surface area contributed by atoms with Crippen molar-refractivity contribution in [3.8, 4) is 0 Å². The Labute approximate surface area is 83.5 Å². The average Bonchev–Trinajstić information content (AvgIpc) is 2.78. The molecule has 1 aliphatic rings. The van der Waals surface area contributed by atoms with E-state index in [-0.39, 0.29) is 0 Å². The van der Waals surface area contributed by atoms with Crippen molar-refractivity contribution in [2.75, 3.05) is 13.2 Å². The molecule has 0 spiro atoms. The van der Waals surface area contributed by atoms with Crippen LogP contribution >= 0.6 is 0 Å². The van der Waals surface area contributed by atoms with Crippen molar-refractivity contribution in [3.05, 3.63) is 12.2 Å². The van der Waals surface area contributed by atoms with E-state index >= 15 is 0 Å². The van der Waals surface area contributed by atoms with Crippen LogP contribution in [0, 0.1) is 0 Å². The Kier molecular flexibility index (Phi) is 3.10. The molecule has 2 rings (SSSR count). The zero-order chi connectivity index (χ0) is 9.80. The maximum Gasteiger partial charge on any atom is 0.158 e. The van der Waals surface area contributed by atoms with Crippen molar-refractivity contribution < 1.29 is 4.74 Å². The van der Waals surface area contributed by atoms with Crippen LogP contribution < -0.4 is 5.32 Å². The van der Waals surface area contributed by atoms with E-state index in [9.17, 15) is 0 Å². The molecule has 0 aromatic carbocycles. The molecule has 1 saturated heterocycles. The summed E-state index contributed by atoms with van der Waals surface area (Å²) in [6.45, 7) is 2.44. The van der Waals surface area contributed by atoms with Crippen molar-refractivity contribution in [3.63, 3.8) is 0 Å². The minimum absolute atomic E-state index is 0.531. The van der Waals surface area contributed by atoms with Gasteiger partial charge in [0.2, 0.25) is 0 Å². The fraction of sp³-hybridized carbons (Fsp3) is 0.778. The number of hydrogen-bond acceptors (Lipinski definition) is 4. The molecule has 1 aromatic heterocycles. The van der Waals surface area contributed by atoms with Crippen molar-refractivity contribution in [1.82, 2.24) is 20.1 Å². The van der Waals surface area contributed by atoms with Crippen molar-refractivity contribution in [2.45, 2.75) is 25.5 Å². The van der Waals surface area contributed by atoms with Crippen LogP contribution in [0.1, 0.15) is 18.7 Å². The van der Waals surface area contributed by atoms with Crippen molar-refractivity contribution in [1.29, 1.82) is 0 Å². The van der Waals surface area contributed by atoms with Gasteiger partial charge >= 0.3 is 0 Å². The number of rotatable bonds is 4. The fourth-order valence-electron chi connectivity index (χ4n) is 1.63. The molecule has 1 aromatic rings. The molecule has 5 heteroatoms. The van der Waals surface area contributed by atoms with Gasteiger partial charge in [-0.25, -0.2) is 0 Å². The van der Waals surface area contributed by atoms with Crippen molar-refractivity contribution in [2.24, 2.45) is 7.05 Å². The van der Waals surface area contributed by atoms with E-state index in [2.05, 4.69) is 15.5 Å². The first kappa shape index (κ1) is 9.61. The third-order valence-electron chi connectivity index (χ3n) is 2.52.